The molecular formula is C19H28N6OS. The zero-order chi connectivity index (χ0) is 19.2. The molecule has 0 aliphatic carbocycles. The smallest absolute Gasteiger partial charge is 0.236 e. The summed E-state index contributed by atoms with van der Waals surface area (Å²) in [7, 11) is 0. The van der Waals surface area contributed by atoms with Gasteiger partial charge in [0.15, 0.2) is 0 Å². The fourth-order valence-corrected chi connectivity index (χ4v) is 4.06. The Hall–Kier alpha value is -2.06. The number of pyridine rings is 1. The van der Waals surface area contributed by atoms with Gasteiger partial charge >= 0.3 is 0 Å². The van der Waals surface area contributed by atoms with E-state index in [0.717, 1.165) is 60.7 Å². The van der Waals surface area contributed by atoms with Crippen molar-refractivity contribution in [1.29, 1.82) is 0 Å². The summed E-state index contributed by atoms with van der Waals surface area (Å²) in [5.74, 6) is 1.47. The van der Waals surface area contributed by atoms with E-state index in [1.54, 1.807) is 0 Å². The Balaban J connectivity index is 1.55. The first kappa shape index (κ1) is 19.7. The number of amides is 1. The minimum absolute atomic E-state index is 0.232. The summed E-state index contributed by atoms with van der Waals surface area (Å²) >= 11 is 1.52. The van der Waals surface area contributed by atoms with Gasteiger partial charge in [-0.25, -0.2) is 4.98 Å². The fourth-order valence-electron chi connectivity index (χ4n) is 3.46. The molecule has 0 saturated carbocycles. The van der Waals surface area contributed by atoms with Gasteiger partial charge in [-0.2, -0.15) is 0 Å². The van der Waals surface area contributed by atoms with Crippen molar-refractivity contribution in [3.8, 4) is 0 Å². The largest absolute Gasteiger partial charge is 0.342 e. The Kier molecular flexibility index (Phi) is 6.73. The number of nitrogens with one attached hydrogen (secondary N) is 1. The van der Waals surface area contributed by atoms with Crippen molar-refractivity contribution < 1.29 is 4.79 Å². The van der Waals surface area contributed by atoms with Crippen molar-refractivity contribution in [2.45, 2.75) is 39.5 Å². The number of carbonyl (C=O) groups is 1. The van der Waals surface area contributed by atoms with Crippen LogP contribution in [-0.2, 0) is 4.79 Å². The van der Waals surface area contributed by atoms with E-state index in [1.807, 2.05) is 37.8 Å². The average molecular weight is 389 g/mol. The minimum Gasteiger partial charge on any atom is -0.342 e. The molecule has 1 fully saturated rings. The quantitative estimate of drug-likeness (QED) is 0.786. The number of anilines is 2. The predicted octanol–water partition coefficient (Wildman–Crippen LogP) is 3.03. The lowest BCUT2D eigenvalue weighted by molar-refractivity contribution is -0.132. The van der Waals surface area contributed by atoms with Crippen molar-refractivity contribution in [3.05, 3.63) is 28.9 Å². The van der Waals surface area contributed by atoms with E-state index in [0.29, 0.717) is 12.5 Å². The third kappa shape index (κ3) is 5.23. The van der Waals surface area contributed by atoms with E-state index in [4.69, 9.17) is 4.98 Å². The highest BCUT2D eigenvalue weighted by atomic mass is 32.1. The molecular weight excluding hydrogens is 360 g/mol. The maximum Gasteiger partial charge on any atom is 0.236 e. The molecule has 0 unspecified atom stereocenters. The monoisotopic (exact) mass is 388 g/mol. The molecule has 1 saturated heterocycles. The van der Waals surface area contributed by atoms with E-state index < -0.39 is 0 Å². The van der Waals surface area contributed by atoms with Gasteiger partial charge in [-0.3, -0.25) is 9.69 Å². The molecule has 146 valence electrons. The topological polar surface area (TPSA) is 74.2 Å². The summed E-state index contributed by atoms with van der Waals surface area (Å²) in [4.78, 5) is 21.2. The third-order valence-electron chi connectivity index (χ3n) is 5.01. The molecule has 1 aliphatic heterocycles. The van der Waals surface area contributed by atoms with Crippen LogP contribution < -0.4 is 5.32 Å². The van der Waals surface area contributed by atoms with Gasteiger partial charge in [-0.05, 0) is 58.8 Å². The van der Waals surface area contributed by atoms with Crippen LogP contribution in [0.25, 0.3) is 0 Å². The molecule has 2 aromatic rings. The highest BCUT2D eigenvalue weighted by molar-refractivity contribution is 7.15. The second-order valence-electron chi connectivity index (χ2n) is 6.82. The standard InChI is InChI=1S/C19H28N6OS/c1-4-25(5-2)18(26)13-24-11-9-15(10-12-24)16-7-6-8-17(20-16)21-19-23-22-14(3)27-19/h6-8,15H,4-5,9-13H2,1-3H3,(H,20,21,23). The fraction of sp³-hybridized carbons (Fsp3) is 0.579. The lowest BCUT2D eigenvalue weighted by atomic mass is 9.93. The Morgan fingerprint density at radius 2 is 2.00 bits per heavy atom. The number of likely N-dealkylation sites (tertiary alicyclic amines) is 1. The molecule has 0 spiro atoms. The van der Waals surface area contributed by atoms with Crippen LogP contribution in [-0.4, -0.2) is 63.6 Å². The molecule has 8 heteroatoms. The molecule has 1 amide bonds. The molecule has 0 radical (unpaired) electrons. The Morgan fingerprint density at radius 1 is 1.26 bits per heavy atom. The number of likely N-dealkylation sites (N-methyl/N-ethyl adjacent to an activating group) is 1. The van der Waals surface area contributed by atoms with Crippen LogP contribution in [0.1, 0.15) is 43.3 Å². The molecule has 0 bridgehead atoms. The lowest BCUT2D eigenvalue weighted by Gasteiger charge is -2.32. The molecule has 0 aromatic carbocycles. The molecule has 3 rings (SSSR count). The van der Waals surface area contributed by atoms with E-state index in [1.165, 1.54) is 11.3 Å². The van der Waals surface area contributed by atoms with Crippen molar-refractivity contribution in [2.75, 3.05) is 38.0 Å². The molecule has 3 heterocycles. The molecule has 0 atom stereocenters. The van der Waals surface area contributed by atoms with Crippen LogP contribution in [0.3, 0.4) is 0 Å². The third-order valence-corrected chi connectivity index (χ3v) is 5.77. The van der Waals surface area contributed by atoms with Crippen LogP contribution >= 0.6 is 11.3 Å². The number of hydrogen-bond acceptors (Lipinski definition) is 7. The van der Waals surface area contributed by atoms with Gasteiger partial charge in [0.25, 0.3) is 0 Å². The van der Waals surface area contributed by atoms with Gasteiger partial charge in [-0.15, -0.1) is 10.2 Å². The van der Waals surface area contributed by atoms with Crippen molar-refractivity contribution in [2.24, 2.45) is 0 Å². The van der Waals surface area contributed by atoms with Crippen molar-refractivity contribution in [3.63, 3.8) is 0 Å². The van der Waals surface area contributed by atoms with Gasteiger partial charge in [0.1, 0.15) is 10.8 Å². The van der Waals surface area contributed by atoms with Gasteiger partial charge in [-0.1, -0.05) is 17.4 Å². The van der Waals surface area contributed by atoms with Crippen molar-refractivity contribution >= 4 is 28.2 Å². The van der Waals surface area contributed by atoms with Crippen LogP contribution in [0.5, 0.6) is 0 Å². The van der Waals surface area contributed by atoms with E-state index >= 15 is 0 Å². The number of nitrogens with zero attached hydrogens (tertiary/aromatic N) is 5. The Labute approximate surface area is 164 Å². The summed E-state index contributed by atoms with van der Waals surface area (Å²) in [5, 5.41) is 13.1. The highest BCUT2D eigenvalue weighted by Gasteiger charge is 2.24. The number of aryl methyl sites for hydroxylation is 1. The summed E-state index contributed by atoms with van der Waals surface area (Å²) in [6.45, 7) is 9.96. The summed E-state index contributed by atoms with van der Waals surface area (Å²) < 4.78 is 0. The first-order valence-corrected chi connectivity index (χ1v) is 10.4. The summed E-state index contributed by atoms with van der Waals surface area (Å²) in [5.41, 5.74) is 1.11. The predicted molar refractivity (Wildman–Crippen MR) is 109 cm³/mol. The SMILES string of the molecule is CCN(CC)C(=O)CN1CCC(c2cccc(Nc3nnc(C)s3)n2)CC1. The Morgan fingerprint density at radius 3 is 2.63 bits per heavy atom. The van der Waals surface area contributed by atoms with Crippen LogP contribution in [0.15, 0.2) is 18.2 Å². The van der Waals surface area contributed by atoms with Gasteiger partial charge in [0, 0.05) is 24.7 Å². The summed E-state index contributed by atoms with van der Waals surface area (Å²) in [6, 6.07) is 6.09. The molecule has 1 aliphatic rings. The normalized spacial score (nSPS) is 15.7. The maximum absolute atomic E-state index is 12.3. The van der Waals surface area contributed by atoms with Crippen LogP contribution in [0.4, 0.5) is 10.9 Å². The molecule has 1 N–H and O–H groups in total. The van der Waals surface area contributed by atoms with Gasteiger partial charge in [0.2, 0.25) is 11.0 Å². The lowest BCUT2D eigenvalue weighted by Crippen LogP contribution is -2.43. The maximum atomic E-state index is 12.3. The van der Waals surface area contributed by atoms with Gasteiger partial charge in [0.05, 0.1) is 6.54 Å². The second kappa shape index (κ2) is 9.23. The Bertz CT molecular complexity index is 752. The number of carbonyl (C=O) groups excluding carboxylic acids is 1. The number of hydrogen-bond donors (Lipinski definition) is 1. The van der Waals surface area contributed by atoms with E-state index in [2.05, 4.69) is 26.5 Å². The number of aromatic nitrogens is 3. The van der Waals surface area contributed by atoms with Gasteiger partial charge < -0.3 is 10.2 Å². The van der Waals surface area contributed by atoms with E-state index in [9.17, 15) is 4.79 Å². The minimum atomic E-state index is 0.232. The van der Waals surface area contributed by atoms with E-state index in [-0.39, 0.29) is 5.91 Å². The molecule has 7 nitrogen and oxygen atoms in total. The first-order chi connectivity index (χ1) is 13.1. The first-order valence-electron chi connectivity index (χ1n) is 9.63. The highest BCUT2D eigenvalue weighted by Crippen LogP contribution is 2.28. The molecule has 27 heavy (non-hydrogen) atoms. The number of piperidine rings is 1. The average Bonchev–Trinajstić information content (AvgIpc) is 3.08. The van der Waals surface area contributed by atoms with Crippen LogP contribution in [0, 0.1) is 6.92 Å². The summed E-state index contributed by atoms with van der Waals surface area (Å²) in [6.07, 6.45) is 2.06. The zero-order valence-corrected chi connectivity index (χ0v) is 17.1. The molecule has 2 aromatic heterocycles. The zero-order valence-electron chi connectivity index (χ0n) is 16.3. The number of rotatable bonds is 7. The van der Waals surface area contributed by atoms with Crippen molar-refractivity contribution in [1.82, 2.24) is 25.0 Å². The van der Waals surface area contributed by atoms with Crippen LogP contribution in [0.2, 0.25) is 0 Å². The second-order valence-corrected chi connectivity index (χ2v) is 8.00.